The van der Waals surface area contributed by atoms with Crippen LogP contribution in [0, 0.1) is 11.8 Å². The summed E-state index contributed by atoms with van der Waals surface area (Å²) in [5.74, 6) is 3.75. The fourth-order valence-electron chi connectivity index (χ4n) is 3.43. The van der Waals surface area contributed by atoms with E-state index in [2.05, 4.69) is 29.5 Å². The van der Waals surface area contributed by atoms with Crippen LogP contribution in [-0.2, 0) is 16.6 Å². The Morgan fingerprint density at radius 2 is 1.88 bits per heavy atom. The van der Waals surface area contributed by atoms with E-state index in [0.717, 1.165) is 23.4 Å². The summed E-state index contributed by atoms with van der Waals surface area (Å²) in [6.45, 7) is 5.34. The van der Waals surface area contributed by atoms with Crippen molar-refractivity contribution in [3.63, 3.8) is 0 Å². The molecular weight excluding hydrogens is 330 g/mol. The molecule has 1 aromatic carbocycles. The summed E-state index contributed by atoms with van der Waals surface area (Å²) in [7, 11) is 0.950. The largest absolute Gasteiger partial charge is 0.355 e. The van der Waals surface area contributed by atoms with Gasteiger partial charge in [-0.2, -0.15) is 0 Å². The third kappa shape index (κ3) is 7.18. The Morgan fingerprint density at radius 1 is 1.20 bits per heavy atom. The van der Waals surface area contributed by atoms with Crippen molar-refractivity contribution >= 4 is 16.8 Å². The first kappa shape index (κ1) is 20.0. The molecule has 1 unspecified atom stereocenters. The first-order chi connectivity index (χ1) is 12.1. The Balaban J connectivity index is 1.66. The second-order valence-corrected chi connectivity index (χ2v) is 8.85. The van der Waals surface area contributed by atoms with Gasteiger partial charge < -0.3 is 10.6 Å². The number of hydrogen-bond acceptors (Lipinski definition) is 2. The van der Waals surface area contributed by atoms with Crippen LogP contribution in [0.1, 0.15) is 45.1 Å². The molecule has 2 N–H and O–H groups in total. The van der Waals surface area contributed by atoms with Crippen molar-refractivity contribution in [3.8, 4) is 0 Å². The molecule has 0 heterocycles. The maximum absolute atomic E-state index is 12.2. The zero-order chi connectivity index (χ0) is 18.1. The molecule has 0 bridgehead atoms. The Hall–Kier alpha value is -1.36. The zero-order valence-electron chi connectivity index (χ0n) is 15.8. The summed E-state index contributed by atoms with van der Waals surface area (Å²) in [4.78, 5) is 4.31. The van der Waals surface area contributed by atoms with Crippen LogP contribution < -0.4 is 10.6 Å². The monoisotopic (exact) mass is 363 g/mol. The maximum Gasteiger partial charge on any atom is 0.191 e. The second kappa shape index (κ2) is 10.6. The lowest BCUT2D eigenvalue weighted by molar-refractivity contribution is 0.250. The van der Waals surface area contributed by atoms with Gasteiger partial charge in [0.2, 0.25) is 0 Å². The molecule has 1 atom stereocenters. The average molecular weight is 364 g/mol. The highest BCUT2D eigenvalue weighted by atomic mass is 32.2. The number of guanidine groups is 1. The van der Waals surface area contributed by atoms with Gasteiger partial charge in [-0.15, -0.1) is 0 Å². The summed E-state index contributed by atoms with van der Waals surface area (Å²) >= 11 is 0. The first-order valence-corrected chi connectivity index (χ1v) is 10.9. The SMILES string of the molecule is CN=C(NCCS(=O)Cc1ccccc1)NC1CCC(C(C)C)CC1. The predicted molar refractivity (Wildman–Crippen MR) is 108 cm³/mol. The number of nitrogens with one attached hydrogen (secondary N) is 2. The molecule has 0 amide bonds. The van der Waals surface area contributed by atoms with Gasteiger partial charge in [0.05, 0.1) is 0 Å². The van der Waals surface area contributed by atoms with E-state index < -0.39 is 10.8 Å². The van der Waals surface area contributed by atoms with Crippen molar-refractivity contribution in [2.75, 3.05) is 19.3 Å². The minimum atomic E-state index is -0.851. The van der Waals surface area contributed by atoms with E-state index in [1.54, 1.807) is 7.05 Å². The van der Waals surface area contributed by atoms with Crippen LogP contribution in [0.15, 0.2) is 35.3 Å². The number of rotatable bonds is 7. The van der Waals surface area contributed by atoms with E-state index in [4.69, 9.17) is 0 Å². The molecule has 0 spiro atoms. The van der Waals surface area contributed by atoms with Crippen molar-refractivity contribution in [2.24, 2.45) is 16.8 Å². The Labute approximate surface area is 155 Å². The van der Waals surface area contributed by atoms with Crippen LogP contribution in [0.5, 0.6) is 0 Å². The molecule has 1 aromatic rings. The number of hydrogen-bond donors (Lipinski definition) is 2. The molecule has 140 valence electrons. The van der Waals surface area contributed by atoms with Gasteiger partial charge in [-0.05, 0) is 43.1 Å². The van der Waals surface area contributed by atoms with Crippen molar-refractivity contribution in [2.45, 2.75) is 51.3 Å². The van der Waals surface area contributed by atoms with E-state index in [-0.39, 0.29) is 0 Å². The highest BCUT2D eigenvalue weighted by molar-refractivity contribution is 7.84. The van der Waals surface area contributed by atoms with Crippen LogP contribution in [0.3, 0.4) is 0 Å². The predicted octanol–water partition coefficient (Wildman–Crippen LogP) is 3.32. The van der Waals surface area contributed by atoms with Crippen LogP contribution in [0.25, 0.3) is 0 Å². The minimum absolute atomic E-state index is 0.510. The minimum Gasteiger partial charge on any atom is -0.355 e. The quantitative estimate of drug-likeness (QED) is 0.577. The lowest BCUT2D eigenvalue weighted by Gasteiger charge is -2.32. The van der Waals surface area contributed by atoms with Gasteiger partial charge in [0.1, 0.15) is 0 Å². The van der Waals surface area contributed by atoms with Gasteiger partial charge in [0.25, 0.3) is 0 Å². The zero-order valence-corrected chi connectivity index (χ0v) is 16.6. The third-order valence-corrected chi connectivity index (χ3v) is 6.39. The third-order valence-electron chi connectivity index (χ3n) is 5.07. The summed E-state index contributed by atoms with van der Waals surface area (Å²) in [5, 5.41) is 6.84. The van der Waals surface area contributed by atoms with Gasteiger partial charge in [-0.25, -0.2) is 0 Å². The highest BCUT2D eigenvalue weighted by Crippen LogP contribution is 2.29. The molecule has 0 radical (unpaired) electrons. The molecular formula is C20H33N3OS. The van der Waals surface area contributed by atoms with Crippen molar-refractivity contribution in [3.05, 3.63) is 35.9 Å². The van der Waals surface area contributed by atoms with E-state index in [1.165, 1.54) is 25.7 Å². The number of benzene rings is 1. The Kier molecular flexibility index (Phi) is 8.45. The summed E-state index contributed by atoms with van der Waals surface area (Å²) in [6.07, 6.45) is 5.02. The van der Waals surface area contributed by atoms with Crippen molar-refractivity contribution < 1.29 is 4.21 Å². The molecule has 1 fully saturated rings. The Bertz CT molecular complexity index is 551. The van der Waals surface area contributed by atoms with Gasteiger partial charge >= 0.3 is 0 Å². The van der Waals surface area contributed by atoms with E-state index in [0.29, 0.717) is 24.1 Å². The molecule has 4 nitrogen and oxygen atoms in total. The van der Waals surface area contributed by atoms with Crippen LogP contribution >= 0.6 is 0 Å². The van der Waals surface area contributed by atoms with Gasteiger partial charge in [0.15, 0.2) is 5.96 Å². The van der Waals surface area contributed by atoms with Crippen molar-refractivity contribution in [1.29, 1.82) is 0 Å². The second-order valence-electron chi connectivity index (χ2n) is 7.27. The first-order valence-electron chi connectivity index (χ1n) is 9.44. The summed E-state index contributed by atoms with van der Waals surface area (Å²) in [5.41, 5.74) is 1.13. The standard InChI is InChI=1S/C20H33N3OS/c1-16(2)18-9-11-19(12-10-18)23-20(21-3)22-13-14-25(24)15-17-7-5-4-6-8-17/h4-8,16,18-19H,9-15H2,1-3H3,(H2,21,22,23). The van der Waals surface area contributed by atoms with E-state index >= 15 is 0 Å². The molecule has 1 saturated carbocycles. The molecule has 0 aromatic heterocycles. The van der Waals surface area contributed by atoms with Crippen molar-refractivity contribution in [1.82, 2.24) is 10.6 Å². The fourth-order valence-corrected chi connectivity index (χ4v) is 4.47. The lowest BCUT2D eigenvalue weighted by atomic mass is 9.80. The van der Waals surface area contributed by atoms with Gasteiger partial charge in [0, 0.05) is 41.9 Å². The lowest BCUT2D eigenvalue weighted by Crippen LogP contribution is -2.46. The molecule has 1 aliphatic carbocycles. The number of aliphatic imine (C=N–C) groups is 1. The summed E-state index contributed by atoms with van der Waals surface area (Å²) < 4.78 is 12.2. The average Bonchev–Trinajstić information content (AvgIpc) is 2.62. The van der Waals surface area contributed by atoms with Gasteiger partial charge in [-0.1, -0.05) is 44.2 Å². The van der Waals surface area contributed by atoms with Gasteiger partial charge in [-0.3, -0.25) is 9.20 Å². The number of nitrogens with zero attached hydrogens (tertiary/aromatic N) is 1. The fraction of sp³-hybridized carbons (Fsp3) is 0.650. The molecule has 5 heteroatoms. The molecule has 1 aliphatic rings. The van der Waals surface area contributed by atoms with Crippen LogP contribution in [0.2, 0.25) is 0 Å². The van der Waals surface area contributed by atoms with Crippen LogP contribution in [-0.4, -0.2) is 35.6 Å². The van der Waals surface area contributed by atoms with E-state index in [9.17, 15) is 4.21 Å². The smallest absolute Gasteiger partial charge is 0.191 e. The molecule has 0 aliphatic heterocycles. The molecule has 0 saturated heterocycles. The normalized spacial score (nSPS) is 22.6. The topological polar surface area (TPSA) is 53.5 Å². The molecule has 2 rings (SSSR count). The highest BCUT2D eigenvalue weighted by Gasteiger charge is 2.23. The maximum atomic E-state index is 12.2. The van der Waals surface area contributed by atoms with E-state index in [1.807, 2.05) is 30.3 Å². The Morgan fingerprint density at radius 3 is 2.48 bits per heavy atom. The summed E-state index contributed by atoms with van der Waals surface area (Å²) in [6, 6.07) is 10.5. The molecule has 25 heavy (non-hydrogen) atoms. The van der Waals surface area contributed by atoms with Crippen LogP contribution in [0.4, 0.5) is 0 Å².